The molecule has 118 valence electrons. The number of hydrogen-bond donors (Lipinski definition) is 1. The van der Waals surface area contributed by atoms with Gasteiger partial charge in [-0.3, -0.25) is 0 Å². The fraction of sp³-hybridized carbons (Fsp3) is 0.300. The molecule has 0 unspecified atom stereocenters. The molecule has 0 bridgehead atoms. The van der Waals surface area contributed by atoms with Gasteiger partial charge in [-0.15, -0.1) is 0 Å². The van der Waals surface area contributed by atoms with Gasteiger partial charge in [0.15, 0.2) is 0 Å². The van der Waals surface area contributed by atoms with E-state index < -0.39 is 0 Å². The highest BCUT2D eigenvalue weighted by atomic mass is 14.5. The van der Waals surface area contributed by atoms with Gasteiger partial charge in [0.05, 0.1) is 0 Å². The van der Waals surface area contributed by atoms with E-state index in [0.29, 0.717) is 0 Å². The van der Waals surface area contributed by atoms with Crippen LogP contribution in [0.25, 0.3) is 6.08 Å². The lowest BCUT2D eigenvalue weighted by molar-refractivity contribution is 1.50. The molecule has 0 heterocycles. The molecule has 1 rings (SSSR count). The first-order valence-electron chi connectivity index (χ1n) is 7.75. The molecule has 1 aromatic carbocycles. The molecule has 0 saturated heterocycles. The first-order chi connectivity index (χ1) is 10.3. The predicted molar refractivity (Wildman–Crippen MR) is 102 cm³/mol. The van der Waals surface area contributed by atoms with Crippen LogP contribution in [0.3, 0.4) is 0 Å². The molecule has 1 heteroatoms. The number of allylic oxidation sites excluding steroid dienone is 5. The van der Waals surface area contributed by atoms with Crippen molar-refractivity contribution in [3.8, 4) is 0 Å². The minimum atomic E-state index is 0.769. The number of benzene rings is 1. The summed E-state index contributed by atoms with van der Waals surface area (Å²) >= 11 is 0. The average molecular weight is 287 g/mol. The second-order valence-electron chi connectivity index (χ2n) is 3.11. The van der Waals surface area contributed by atoms with Crippen molar-refractivity contribution in [1.29, 1.82) is 0 Å². The number of nitrogens with two attached hydrogens (primary N) is 1. The van der Waals surface area contributed by atoms with Crippen LogP contribution in [0.2, 0.25) is 0 Å². The predicted octanol–water partition coefficient (Wildman–Crippen LogP) is 6.66. The van der Waals surface area contributed by atoms with Gasteiger partial charge in [-0.1, -0.05) is 97.2 Å². The van der Waals surface area contributed by atoms with Crippen molar-refractivity contribution >= 4 is 11.8 Å². The summed E-state index contributed by atoms with van der Waals surface area (Å²) in [5.74, 6) is 0. The maximum absolute atomic E-state index is 5.67. The Hall–Kier alpha value is -2.02. The van der Waals surface area contributed by atoms with Gasteiger partial charge in [0.25, 0.3) is 0 Å². The molecule has 0 radical (unpaired) electrons. The summed E-state index contributed by atoms with van der Waals surface area (Å²) in [4.78, 5) is 0. The zero-order valence-corrected chi connectivity index (χ0v) is 14.7. The maximum Gasteiger partial charge on any atom is 0.0319 e. The van der Waals surface area contributed by atoms with E-state index in [-0.39, 0.29) is 0 Å². The molecule has 1 nitrogen and oxygen atoms in total. The van der Waals surface area contributed by atoms with Crippen molar-refractivity contribution in [2.75, 3.05) is 5.73 Å². The van der Waals surface area contributed by atoms with Crippen molar-refractivity contribution in [3.63, 3.8) is 0 Å². The number of nitrogen functional groups attached to an aromatic ring is 1. The van der Waals surface area contributed by atoms with E-state index in [4.69, 9.17) is 5.73 Å². The van der Waals surface area contributed by atoms with Gasteiger partial charge in [-0.25, -0.2) is 0 Å². The molecular weight excluding hydrogens is 254 g/mol. The van der Waals surface area contributed by atoms with Gasteiger partial charge in [0.2, 0.25) is 0 Å². The lowest BCUT2D eigenvalue weighted by Gasteiger charge is -1.96. The Balaban J connectivity index is -0.000000478. The zero-order valence-electron chi connectivity index (χ0n) is 14.7. The van der Waals surface area contributed by atoms with Crippen LogP contribution in [-0.2, 0) is 0 Å². The summed E-state index contributed by atoms with van der Waals surface area (Å²) in [5.41, 5.74) is 8.54. The highest BCUT2D eigenvalue weighted by Gasteiger charge is 1.88. The second kappa shape index (κ2) is 20.3. The van der Waals surface area contributed by atoms with E-state index in [1.165, 1.54) is 0 Å². The van der Waals surface area contributed by atoms with Crippen molar-refractivity contribution in [2.45, 2.75) is 41.5 Å². The molecule has 0 amide bonds. The SMILES string of the molecule is C=C/C=C(C=C)/C=C/c1cccc(N)c1.CC.CC.CC. The Morgan fingerprint density at radius 3 is 2.00 bits per heavy atom. The average Bonchev–Trinajstić information content (AvgIpc) is 2.57. The lowest BCUT2D eigenvalue weighted by atomic mass is 10.1. The summed E-state index contributed by atoms with van der Waals surface area (Å²) in [6, 6.07) is 7.72. The first-order valence-corrected chi connectivity index (χ1v) is 7.75. The molecule has 1 aromatic rings. The summed E-state index contributed by atoms with van der Waals surface area (Å²) in [6.45, 7) is 19.4. The largest absolute Gasteiger partial charge is 0.399 e. The molecular formula is C20H33N. The molecule has 0 saturated carbocycles. The highest BCUT2D eigenvalue weighted by Crippen LogP contribution is 2.10. The molecule has 21 heavy (non-hydrogen) atoms. The van der Waals surface area contributed by atoms with Crippen molar-refractivity contribution < 1.29 is 0 Å². The minimum absolute atomic E-state index is 0.769. The van der Waals surface area contributed by atoms with Crippen LogP contribution in [0.15, 0.2) is 67.3 Å². The standard InChI is InChI=1S/C14H15N.3C2H6/c1-3-6-12(4-2)9-10-13-7-5-8-14(15)11-13;3*1-2/h3-11H,1-2,15H2;3*1-2H3/b10-9+,12-6+;;;. The zero-order chi connectivity index (χ0) is 17.1. The van der Waals surface area contributed by atoms with Gasteiger partial charge < -0.3 is 5.73 Å². The fourth-order valence-corrected chi connectivity index (χ4v) is 1.18. The van der Waals surface area contributed by atoms with Crippen LogP contribution in [0.1, 0.15) is 47.1 Å². The Labute approximate surface area is 132 Å². The number of rotatable bonds is 4. The van der Waals surface area contributed by atoms with E-state index >= 15 is 0 Å². The molecule has 0 fully saturated rings. The van der Waals surface area contributed by atoms with E-state index in [9.17, 15) is 0 Å². The third-order valence-electron chi connectivity index (χ3n) is 1.92. The smallest absolute Gasteiger partial charge is 0.0319 e. The molecule has 0 aliphatic rings. The molecule has 0 aliphatic heterocycles. The van der Waals surface area contributed by atoms with E-state index in [2.05, 4.69) is 13.2 Å². The summed E-state index contributed by atoms with van der Waals surface area (Å²) in [7, 11) is 0. The summed E-state index contributed by atoms with van der Waals surface area (Å²) < 4.78 is 0. The van der Waals surface area contributed by atoms with Crippen LogP contribution in [-0.4, -0.2) is 0 Å². The monoisotopic (exact) mass is 287 g/mol. The van der Waals surface area contributed by atoms with E-state index in [1.807, 2.05) is 84.0 Å². The van der Waals surface area contributed by atoms with Crippen LogP contribution in [0.4, 0.5) is 5.69 Å². The summed E-state index contributed by atoms with van der Waals surface area (Å²) in [6.07, 6.45) is 9.39. The Kier molecular flexibility index (Phi) is 23.2. The van der Waals surface area contributed by atoms with Crippen LogP contribution >= 0.6 is 0 Å². The van der Waals surface area contributed by atoms with Crippen LogP contribution in [0.5, 0.6) is 0 Å². The van der Waals surface area contributed by atoms with Gasteiger partial charge >= 0.3 is 0 Å². The normalized spacial score (nSPS) is 9.14. The molecule has 0 atom stereocenters. The topological polar surface area (TPSA) is 26.0 Å². The molecule has 2 N–H and O–H groups in total. The Morgan fingerprint density at radius 1 is 1.00 bits per heavy atom. The second-order valence-corrected chi connectivity index (χ2v) is 3.11. The molecule has 0 aliphatic carbocycles. The highest BCUT2D eigenvalue weighted by molar-refractivity contribution is 5.58. The van der Waals surface area contributed by atoms with Gasteiger partial charge in [-0.05, 0) is 23.3 Å². The quantitative estimate of drug-likeness (QED) is 0.486. The van der Waals surface area contributed by atoms with Crippen LogP contribution in [0, 0.1) is 0 Å². The Bertz CT molecular complexity index is 412. The molecule has 0 spiro atoms. The maximum atomic E-state index is 5.67. The minimum Gasteiger partial charge on any atom is -0.399 e. The third-order valence-corrected chi connectivity index (χ3v) is 1.92. The van der Waals surface area contributed by atoms with Gasteiger partial charge in [0, 0.05) is 5.69 Å². The van der Waals surface area contributed by atoms with Gasteiger partial charge in [-0.2, -0.15) is 0 Å². The first kappa shape index (κ1) is 24.0. The van der Waals surface area contributed by atoms with Crippen molar-refractivity contribution in [3.05, 3.63) is 72.9 Å². The van der Waals surface area contributed by atoms with Gasteiger partial charge in [0.1, 0.15) is 0 Å². The van der Waals surface area contributed by atoms with Crippen LogP contribution < -0.4 is 5.73 Å². The number of hydrogen-bond acceptors (Lipinski definition) is 1. The Morgan fingerprint density at radius 2 is 1.57 bits per heavy atom. The lowest BCUT2D eigenvalue weighted by Crippen LogP contribution is -1.83. The third kappa shape index (κ3) is 14.2. The van der Waals surface area contributed by atoms with Crippen molar-refractivity contribution in [2.24, 2.45) is 0 Å². The summed E-state index contributed by atoms with van der Waals surface area (Å²) in [5, 5.41) is 0. The number of anilines is 1. The van der Waals surface area contributed by atoms with Crippen molar-refractivity contribution in [1.82, 2.24) is 0 Å². The molecule has 0 aromatic heterocycles. The fourth-order valence-electron chi connectivity index (χ4n) is 1.18. The van der Waals surface area contributed by atoms with E-state index in [0.717, 1.165) is 16.8 Å². The van der Waals surface area contributed by atoms with E-state index in [1.54, 1.807) is 12.2 Å².